The maximum Gasteiger partial charge on any atom is 0.184 e. The van der Waals surface area contributed by atoms with Crippen LogP contribution >= 0.6 is 0 Å². The van der Waals surface area contributed by atoms with E-state index in [-0.39, 0.29) is 11.7 Å². The molecule has 0 radical (unpaired) electrons. The van der Waals surface area contributed by atoms with Crippen LogP contribution in [0.15, 0.2) is 18.2 Å². The predicted molar refractivity (Wildman–Crippen MR) is 84.1 cm³/mol. The second-order valence-electron chi connectivity index (χ2n) is 6.68. The number of carbonyl (C=O) groups is 1. The molecule has 0 saturated heterocycles. The van der Waals surface area contributed by atoms with E-state index in [1.165, 1.54) is 5.56 Å². The maximum absolute atomic E-state index is 12.2. The van der Waals surface area contributed by atoms with E-state index < -0.39 is 11.5 Å². The predicted octanol–water partition coefficient (Wildman–Crippen LogP) is 2.62. The number of aliphatic hydroxyl groups excluding tert-OH is 1. The topological polar surface area (TPSA) is 55.8 Å². The van der Waals surface area contributed by atoms with Crippen molar-refractivity contribution in [1.82, 2.24) is 0 Å². The number of hydrogen-bond donors (Lipinski definition) is 1. The average Bonchev–Trinajstić information content (AvgIpc) is 2.51. The Morgan fingerprint density at radius 1 is 1.18 bits per heavy atom. The molecule has 2 aliphatic rings. The van der Waals surface area contributed by atoms with Crippen LogP contribution in [0.25, 0.3) is 5.57 Å². The zero-order valence-corrected chi connectivity index (χ0v) is 13.5. The fourth-order valence-corrected chi connectivity index (χ4v) is 3.78. The van der Waals surface area contributed by atoms with Crippen molar-refractivity contribution in [2.24, 2.45) is 11.3 Å². The Balaban J connectivity index is 2.17. The van der Waals surface area contributed by atoms with Gasteiger partial charge >= 0.3 is 0 Å². The molecule has 4 heteroatoms. The van der Waals surface area contributed by atoms with E-state index in [2.05, 4.69) is 0 Å². The summed E-state index contributed by atoms with van der Waals surface area (Å²) in [6.07, 6.45) is 2.51. The highest BCUT2D eigenvalue weighted by molar-refractivity contribution is 6.03. The van der Waals surface area contributed by atoms with Crippen molar-refractivity contribution >= 4 is 11.4 Å². The number of rotatable bonds is 2. The summed E-state index contributed by atoms with van der Waals surface area (Å²) in [5.74, 6) is 1.34. The van der Waals surface area contributed by atoms with Crippen molar-refractivity contribution < 1.29 is 19.4 Å². The van der Waals surface area contributed by atoms with E-state index in [4.69, 9.17) is 9.47 Å². The molecule has 0 aromatic heterocycles. The molecule has 2 atom stereocenters. The summed E-state index contributed by atoms with van der Waals surface area (Å²) in [5, 5.41) is 10.2. The number of aliphatic hydroxyl groups is 1. The van der Waals surface area contributed by atoms with Crippen molar-refractivity contribution in [3.8, 4) is 11.5 Å². The van der Waals surface area contributed by atoms with Gasteiger partial charge in [0.05, 0.1) is 14.2 Å². The fourth-order valence-electron chi connectivity index (χ4n) is 3.78. The second kappa shape index (κ2) is 5.13. The Hall–Kier alpha value is -1.81. The Kier molecular flexibility index (Phi) is 3.52. The molecule has 2 aliphatic carbocycles. The van der Waals surface area contributed by atoms with Crippen LogP contribution in [0.2, 0.25) is 0 Å². The molecule has 3 rings (SSSR count). The van der Waals surface area contributed by atoms with E-state index in [0.29, 0.717) is 11.5 Å². The molecule has 0 bridgehead atoms. The Labute approximate surface area is 130 Å². The summed E-state index contributed by atoms with van der Waals surface area (Å²) < 4.78 is 10.8. The third-order valence-corrected chi connectivity index (χ3v) is 5.17. The lowest BCUT2D eigenvalue weighted by Gasteiger charge is -2.44. The molecular formula is C18H22O4. The van der Waals surface area contributed by atoms with E-state index in [1.807, 2.05) is 26.0 Å². The largest absolute Gasteiger partial charge is 0.493 e. The lowest BCUT2D eigenvalue weighted by molar-refractivity contribution is -0.130. The minimum atomic E-state index is -0.928. The number of carbonyl (C=O) groups excluding carboxylic acids is 1. The normalized spacial score (nSPS) is 25.9. The van der Waals surface area contributed by atoms with Crippen LogP contribution < -0.4 is 9.47 Å². The molecule has 0 amide bonds. The van der Waals surface area contributed by atoms with Crippen LogP contribution in [-0.2, 0) is 11.2 Å². The van der Waals surface area contributed by atoms with Crippen molar-refractivity contribution in [3.05, 3.63) is 29.3 Å². The fraction of sp³-hybridized carbons (Fsp3) is 0.500. The van der Waals surface area contributed by atoms with E-state index in [0.717, 1.165) is 24.0 Å². The van der Waals surface area contributed by atoms with Crippen molar-refractivity contribution in [2.45, 2.75) is 32.8 Å². The van der Waals surface area contributed by atoms with Crippen molar-refractivity contribution in [2.75, 3.05) is 14.2 Å². The first-order valence-electron chi connectivity index (χ1n) is 7.59. The minimum absolute atomic E-state index is 0.172. The summed E-state index contributed by atoms with van der Waals surface area (Å²) in [5.41, 5.74) is 2.77. The number of ketones is 1. The van der Waals surface area contributed by atoms with Crippen LogP contribution in [0, 0.1) is 11.3 Å². The number of allylic oxidation sites excluding steroid dienone is 1. The minimum Gasteiger partial charge on any atom is -0.493 e. The Morgan fingerprint density at radius 3 is 2.45 bits per heavy atom. The molecule has 0 unspecified atom stereocenters. The lowest BCUT2D eigenvalue weighted by atomic mass is 9.60. The first-order valence-corrected chi connectivity index (χ1v) is 7.59. The highest BCUT2D eigenvalue weighted by Crippen LogP contribution is 2.51. The molecular weight excluding hydrogens is 280 g/mol. The van der Waals surface area contributed by atoms with Gasteiger partial charge in [0, 0.05) is 5.41 Å². The van der Waals surface area contributed by atoms with Gasteiger partial charge in [0.25, 0.3) is 0 Å². The van der Waals surface area contributed by atoms with Crippen LogP contribution in [0.3, 0.4) is 0 Å². The van der Waals surface area contributed by atoms with Gasteiger partial charge < -0.3 is 14.6 Å². The first-order chi connectivity index (χ1) is 10.4. The zero-order valence-electron chi connectivity index (χ0n) is 13.5. The van der Waals surface area contributed by atoms with Gasteiger partial charge in [-0.1, -0.05) is 13.8 Å². The van der Waals surface area contributed by atoms with Gasteiger partial charge in [-0.05, 0) is 53.7 Å². The summed E-state index contributed by atoms with van der Waals surface area (Å²) >= 11 is 0. The lowest BCUT2D eigenvalue weighted by Crippen LogP contribution is -2.46. The summed E-state index contributed by atoms with van der Waals surface area (Å²) in [6, 6.07) is 3.95. The van der Waals surface area contributed by atoms with Crippen molar-refractivity contribution in [3.63, 3.8) is 0 Å². The summed E-state index contributed by atoms with van der Waals surface area (Å²) in [4.78, 5) is 12.2. The highest BCUT2D eigenvalue weighted by atomic mass is 16.5. The number of fused-ring (bicyclic) bond motifs is 3. The van der Waals surface area contributed by atoms with Gasteiger partial charge in [-0.25, -0.2) is 0 Å². The first kappa shape index (κ1) is 15.1. The van der Waals surface area contributed by atoms with Gasteiger partial charge in [-0.3, -0.25) is 4.79 Å². The molecule has 1 aromatic carbocycles. The average molecular weight is 302 g/mol. The van der Waals surface area contributed by atoms with Gasteiger partial charge in [0.2, 0.25) is 0 Å². The summed E-state index contributed by atoms with van der Waals surface area (Å²) in [6.45, 7) is 3.94. The molecule has 4 nitrogen and oxygen atoms in total. The quantitative estimate of drug-likeness (QED) is 0.912. The number of methoxy groups -OCH3 is 2. The number of aryl methyl sites for hydroxylation is 1. The van der Waals surface area contributed by atoms with Crippen molar-refractivity contribution in [1.29, 1.82) is 0 Å². The SMILES string of the molecule is COc1cc2c(cc1OC)C1=CC(=O)[C@@H](O)C(C)(C)[C@H]1CC2. The Bertz CT molecular complexity index is 657. The number of benzene rings is 1. The molecule has 0 fully saturated rings. The van der Waals surface area contributed by atoms with Crippen LogP contribution in [0.4, 0.5) is 0 Å². The molecule has 118 valence electrons. The van der Waals surface area contributed by atoms with Gasteiger partial charge in [0.1, 0.15) is 6.10 Å². The molecule has 0 saturated carbocycles. The number of hydrogen-bond acceptors (Lipinski definition) is 4. The smallest absolute Gasteiger partial charge is 0.184 e. The monoisotopic (exact) mass is 302 g/mol. The maximum atomic E-state index is 12.2. The van der Waals surface area contributed by atoms with E-state index in [1.54, 1.807) is 20.3 Å². The molecule has 0 spiro atoms. The van der Waals surface area contributed by atoms with E-state index >= 15 is 0 Å². The third-order valence-electron chi connectivity index (χ3n) is 5.17. The van der Waals surface area contributed by atoms with Crippen LogP contribution in [0.5, 0.6) is 11.5 Å². The Morgan fingerprint density at radius 2 is 1.82 bits per heavy atom. The molecule has 1 N–H and O–H groups in total. The van der Waals surface area contributed by atoms with Gasteiger partial charge in [0.15, 0.2) is 17.3 Å². The third kappa shape index (κ3) is 2.05. The van der Waals surface area contributed by atoms with Crippen LogP contribution in [-0.4, -0.2) is 31.2 Å². The van der Waals surface area contributed by atoms with Gasteiger partial charge in [-0.2, -0.15) is 0 Å². The zero-order chi connectivity index (χ0) is 16.1. The molecule has 1 aromatic rings. The van der Waals surface area contributed by atoms with Gasteiger partial charge in [-0.15, -0.1) is 0 Å². The van der Waals surface area contributed by atoms with Crippen LogP contribution in [0.1, 0.15) is 31.4 Å². The second-order valence-corrected chi connectivity index (χ2v) is 6.68. The number of ether oxygens (including phenoxy) is 2. The summed E-state index contributed by atoms with van der Waals surface area (Å²) in [7, 11) is 3.23. The molecule has 22 heavy (non-hydrogen) atoms. The molecule has 0 heterocycles. The molecule has 0 aliphatic heterocycles. The standard InChI is InChI=1S/C18H22O4/c1-18(2)13-6-5-10-7-15(21-3)16(22-4)9-11(10)12(13)8-14(19)17(18)20/h7-9,13,17,20H,5-6H2,1-4H3/t13-,17+/m0/s1. The van der Waals surface area contributed by atoms with E-state index in [9.17, 15) is 9.90 Å². The highest BCUT2D eigenvalue weighted by Gasteiger charge is 2.46.